The van der Waals surface area contributed by atoms with Gasteiger partial charge in [0.05, 0.1) is 24.6 Å². The number of hydrogen-bond donors (Lipinski definition) is 2. The summed E-state index contributed by atoms with van der Waals surface area (Å²) in [6, 6.07) is 10.2. The van der Waals surface area contributed by atoms with Crippen LogP contribution in [0.1, 0.15) is 40.4 Å². The van der Waals surface area contributed by atoms with Gasteiger partial charge in [-0.2, -0.15) is 0 Å². The average molecular weight is 343 g/mol. The first-order valence-electron chi connectivity index (χ1n) is 8.07. The molecule has 1 aliphatic heterocycles. The number of carbonyl (C=O) groups excluding carboxylic acids is 1. The summed E-state index contributed by atoms with van der Waals surface area (Å²) < 4.78 is 19.2. The van der Waals surface area contributed by atoms with Crippen molar-refractivity contribution in [3.05, 3.63) is 65.0 Å². The molecule has 0 radical (unpaired) electrons. The van der Waals surface area contributed by atoms with Gasteiger partial charge in [0.2, 0.25) is 5.91 Å². The van der Waals surface area contributed by atoms with E-state index >= 15 is 0 Å². The Balaban J connectivity index is 1.70. The molecule has 0 spiro atoms. The summed E-state index contributed by atoms with van der Waals surface area (Å²) in [6.45, 7) is 0.529. The van der Waals surface area contributed by atoms with Gasteiger partial charge >= 0.3 is 5.97 Å². The fourth-order valence-electron chi connectivity index (χ4n) is 2.89. The number of carboxylic acids is 1. The van der Waals surface area contributed by atoms with Crippen LogP contribution in [0.15, 0.2) is 42.5 Å². The number of fused-ring (bicyclic) bond motifs is 1. The van der Waals surface area contributed by atoms with Crippen LogP contribution < -0.4 is 10.1 Å². The fraction of sp³-hybridized carbons (Fsp3) is 0.263. The van der Waals surface area contributed by atoms with Crippen molar-refractivity contribution in [1.82, 2.24) is 5.32 Å². The molecule has 0 aromatic heterocycles. The highest BCUT2D eigenvalue weighted by Gasteiger charge is 2.22. The summed E-state index contributed by atoms with van der Waals surface area (Å²) in [7, 11) is 0. The summed E-state index contributed by atoms with van der Waals surface area (Å²) in [5, 5.41) is 11.8. The molecule has 1 aliphatic rings. The standard InChI is InChI=1S/C19H18FNO4/c20-14-7-8-17-15(11-14)16(2-1-9-25-17)21-18(22)10-12-3-5-13(6-4-12)19(23)24/h3-8,11,16H,1-2,9-10H2,(H,21,22)(H,23,24). The molecule has 0 saturated carbocycles. The third-order valence-corrected chi connectivity index (χ3v) is 4.14. The van der Waals surface area contributed by atoms with E-state index in [1.807, 2.05) is 0 Å². The van der Waals surface area contributed by atoms with Crippen molar-refractivity contribution in [2.45, 2.75) is 25.3 Å². The number of nitrogens with one attached hydrogen (secondary N) is 1. The SMILES string of the molecule is O=C(Cc1ccc(C(=O)O)cc1)NC1CCCOc2ccc(F)cc21. The van der Waals surface area contributed by atoms with Gasteiger partial charge in [-0.15, -0.1) is 0 Å². The van der Waals surface area contributed by atoms with E-state index in [2.05, 4.69) is 5.32 Å². The largest absolute Gasteiger partial charge is 0.493 e. The molecule has 5 nitrogen and oxygen atoms in total. The lowest BCUT2D eigenvalue weighted by molar-refractivity contribution is -0.121. The Labute approximate surface area is 144 Å². The summed E-state index contributed by atoms with van der Waals surface area (Å²) in [5.41, 5.74) is 1.54. The van der Waals surface area contributed by atoms with Gasteiger partial charge in [0.1, 0.15) is 11.6 Å². The van der Waals surface area contributed by atoms with Crippen LogP contribution in [-0.2, 0) is 11.2 Å². The van der Waals surface area contributed by atoms with Gasteiger partial charge in [-0.25, -0.2) is 9.18 Å². The molecule has 3 rings (SSSR count). The van der Waals surface area contributed by atoms with Crippen LogP contribution in [-0.4, -0.2) is 23.6 Å². The van der Waals surface area contributed by atoms with Crippen molar-refractivity contribution >= 4 is 11.9 Å². The van der Waals surface area contributed by atoms with Gasteiger partial charge in [0.15, 0.2) is 0 Å². The molecule has 2 aromatic carbocycles. The number of aromatic carboxylic acids is 1. The lowest BCUT2D eigenvalue weighted by Crippen LogP contribution is -2.29. The molecule has 130 valence electrons. The number of hydrogen-bond acceptors (Lipinski definition) is 3. The van der Waals surface area contributed by atoms with Gasteiger partial charge in [-0.1, -0.05) is 12.1 Å². The molecular formula is C19H18FNO4. The number of carbonyl (C=O) groups is 2. The Kier molecular flexibility index (Phi) is 4.97. The van der Waals surface area contributed by atoms with Gasteiger partial charge < -0.3 is 15.2 Å². The first kappa shape index (κ1) is 17.0. The monoisotopic (exact) mass is 343 g/mol. The first-order valence-corrected chi connectivity index (χ1v) is 8.07. The van der Waals surface area contributed by atoms with E-state index in [1.165, 1.54) is 24.3 Å². The average Bonchev–Trinajstić information content (AvgIpc) is 2.77. The Bertz CT molecular complexity index is 789. The van der Waals surface area contributed by atoms with Crippen LogP contribution in [0, 0.1) is 5.82 Å². The Morgan fingerprint density at radius 2 is 1.96 bits per heavy atom. The third-order valence-electron chi connectivity index (χ3n) is 4.14. The van der Waals surface area contributed by atoms with Crippen molar-refractivity contribution in [2.24, 2.45) is 0 Å². The highest BCUT2D eigenvalue weighted by molar-refractivity contribution is 5.87. The second kappa shape index (κ2) is 7.34. The molecule has 1 heterocycles. The van der Waals surface area contributed by atoms with E-state index < -0.39 is 5.97 Å². The second-order valence-corrected chi connectivity index (χ2v) is 5.97. The van der Waals surface area contributed by atoms with E-state index in [1.54, 1.807) is 18.2 Å². The predicted molar refractivity (Wildman–Crippen MR) is 89.1 cm³/mol. The fourth-order valence-corrected chi connectivity index (χ4v) is 2.89. The first-order chi connectivity index (χ1) is 12.0. The minimum atomic E-state index is -1.01. The van der Waals surface area contributed by atoms with E-state index in [4.69, 9.17) is 9.84 Å². The number of halogens is 1. The minimum absolute atomic E-state index is 0.127. The molecule has 1 unspecified atom stereocenters. The number of ether oxygens (including phenoxy) is 1. The Morgan fingerprint density at radius 3 is 2.68 bits per heavy atom. The number of rotatable bonds is 4. The predicted octanol–water partition coefficient (Wildman–Crippen LogP) is 3.10. The van der Waals surface area contributed by atoms with Crippen LogP contribution in [0.2, 0.25) is 0 Å². The van der Waals surface area contributed by atoms with E-state index in [0.717, 1.165) is 6.42 Å². The minimum Gasteiger partial charge on any atom is -0.493 e. The normalized spacial score (nSPS) is 16.3. The maximum absolute atomic E-state index is 13.6. The van der Waals surface area contributed by atoms with E-state index in [-0.39, 0.29) is 29.8 Å². The molecular weight excluding hydrogens is 325 g/mol. The zero-order chi connectivity index (χ0) is 17.8. The van der Waals surface area contributed by atoms with Crippen LogP contribution in [0.3, 0.4) is 0 Å². The topological polar surface area (TPSA) is 75.6 Å². The molecule has 25 heavy (non-hydrogen) atoms. The highest BCUT2D eigenvalue weighted by Crippen LogP contribution is 2.32. The van der Waals surface area contributed by atoms with Crippen LogP contribution in [0.25, 0.3) is 0 Å². The summed E-state index contributed by atoms with van der Waals surface area (Å²) >= 11 is 0. The highest BCUT2D eigenvalue weighted by atomic mass is 19.1. The van der Waals surface area contributed by atoms with E-state index in [0.29, 0.717) is 29.9 Å². The van der Waals surface area contributed by atoms with Gasteiger partial charge in [-0.05, 0) is 48.7 Å². The maximum atomic E-state index is 13.6. The number of benzene rings is 2. The van der Waals surface area contributed by atoms with Gasteiger partial charge in [-0.3, -0.25) is 4.79 Å². The molecule has 1 amide bonds. The van der Waals surface area contributed by atoms with Gasteiger partial charge in [0, 0.05) is 5.56 Å². The van der Waals surface area contributed by atoms with Crippen molar-refractivity contribution < 1.29 is 23.8 Å². The maximum Gasteiger partial charge on any atom is 0.335 e. The molecule has 1 atom stereocenters. The van der Waals surface area contributed by atoms with E-state index in [9.17, 15) is 14.0 Å². The second-order valence-electron chi connectivity index (χ2n) is 5.97. The number of amides is 1. The van der Waals surface area contributed by atoms with Crippen molar-refractivity contribution in [1.29, 1.82) is 0 Å². The van der Waals surface area contributed by atoms with Crippen LogP contribution in [0.4, 0.5) is 4.39 Å². The lowest BCUT2D eigenvalue weighted by Gasteiger charge is -2.18. The molecule has 0 aliphatic carbocycles. The lowest BCUT2D eigenvalue weighted by atomic mass is 10.0. The Morgan fingerprint density at radius 1 is 1.20 bits per heavy atom. The van der Waals surface area contributed by atoms with Crippen molar-refractivity contribution in [2.75, 3.05) is 6.61 Å². The summed E-state index contributed by atoms with van der Waals surface area (Å²) in [4.78, 5) is 23.2. The quantitative estimate of drug-likeness (QED) is 0.894. The molecule has 2 N–H and O–H groups in total. The van der Waals surface area contributed by atoms with Gasteiger partial charge in [0.25, 0.3) is 0 Å². The third kappa shape index (κ3) is 4.15. The number of carboxylic acid groups (broad SMARTS) is 1. The van der Waals surface area contributed by atoms with Crippen molar-refractivity contribution in [3.63, 3.8) is 0 Å². The smallest absolute Gasteiger partial charge is 0.335 e. The molecule has 2 aromatic rings. The Hall–Kier alpha value is -2.89. The zero-order valence-electron chi connectivity index (χ0n) is 13.5. The van der Waals surface area contributed by atoms with Crippen LogP contribution >= 0.6 is 0 Å². The zero-order valence-corrected chi connectivity index (χ0v) is 13.5. The summed E-state index contributed by atoms with van der Waals surface area (Å²) in [5.74, 6) is -0.985. The molecule has 0 bridgehead atoms. The van der Waals surface area contributed by atoms with Crippen LogP contribution in [0.5, 0.6) is 5.75 Å². The molecule has 6 heteroatoms. The molecule has 0 saturated heterocycles. The summed E-state index contributed by atoms with van der Waals surface area (Å²) in [6.07, 6.45) is 1.55. The van der Waals surface area contributed by atoms with Crippen molar-refractivity contribution in [3.8, 4) is 5.75 Å². The molecule has 0 fully saturated rings.